The zero-order chi connectivity index (χ0) is 9.52. The first-order chi connectivity index (χ1) is 6.33. The van der Waals surface area contributed by atoms with Gasteiger partial charge in [-0.05, 0) is 18.8 Å². The van der Waals surface area contributed by atoms with Crippen LogP contribution in [0.4, 0.5) is 0 Å². The summed E-state index contributed by atoms with van der Waals surface area (Å²) in [5.74, 6) is 2.61. The molecule has 0 saturated heterocycles. The number of thioether (sulfide) groups is 1. The van der Waals surface area contributed by atoms with Gasteiger partial charge in [0.15, 0.2) is 4.34 Å². The largest absolute Gasteiger partial charge is 0.174 e. The zero-order valence-electron chi connectivity index (χ0n) is 7.57. The van der Waals surface area contributed by atoms with Gasteiger partial charge in [-0.2, -0.15) is 0 Å². The van der Waals surface area contributed by atoms with E-state index in [-0.39, 0.29) is 0 Å². The zero-order valence-corrected chi connectivity index (χ0v) is 9.96. The number of nitrogens with zero attached hydrogens (tertiary/aromatic N) is 2. The Labute approximate surface area is 92.1 Å². The highest BCUT2D eigenvalue weighted by Crippen LogP contribution is 2.22. The third-order valence-corrected chi connectivity index (χ3v) is 3.89. The molecule has 1 unspecified atom stereocenters. The van der Waals surface area contributed by atoms with Crippen LogP contribution in [-0.4, -0.2) is 21.8 Å². The van der Waals surface area contributed by atoms with Gasteiger partial charge in [-0.1, -0.05) is 30.0 Å². The number of halogens is 1. The molecule has 0 aliphatic heterocycles. The molecular formula is C8H13ClN2S2. The van der Waals surface area contributed by atoms with Crippen molar-refractivity contribution >= 4 is 34.7 Å². The quantitative estimate of drug-likeness (QED) is 0.560. The van der Waals surface area contributed by atoms with Crippen molar-refractivity contribution in [3.8, 4) is 0 Å². The van der Waals surface area contributed by atoms with Gasteiger partial charge in [0.2, 0.25) is 0 Å². The number of alkyl halides is 1. The lowest BCUT2D eigenvalue weighted by Crippen LogP contribution is -1.96. The summed E-state index contributed by atoms with van der Waals surface area (Å²) in [4.78, 5) is 0. The van der Waals surface area contributed by atoms with Gasteiger partial charge in [-0.3, -0.25) is 0 Å². The van der Waals surface area contributed by atoms with Crippen molar-refractivity contribution in [2.24, 2.45) is 5.92 Å². The third kappa shape index (κ3) is 4.84. The average Bonchev–Trinajstić information content (AvgIpc) is 2.57. The average molecular weight is 237 g/mol. The molecule has 0 aliphatic carbocycles. The minimum absolute atomic E-state index is 0.720. The van der Waals surface area contributed by atoms with E-state index < -0.39 is 0 Å². The van der Waals surface area contributed by atoms with Gasteiger partial charge in [-0.25, -0.2) is 0 Å². The first-order valence-electron chi connectivity index (χ1n) is 4.28. The van der Waals surface area contributed by atoms with Crippen LogP contribution in [0.25, 0.3) is 0 Å². The summed E-state index contributed by atoms with van der Waals surface area (Å²) >= 11 is 9.03. The van der Waals surface area contributed by atoms with Crippen LogP contribution in [0.3, 0.4) is 0 Å². The van der Waals surface area contributed by atoms with E-state index >= 15 is 0 Å². The molecule has 1 heterocycles. The molecule has 1 aromatic heterocycles. The van der Waals surface area contributed by atoms with E-state index in [4.69, 9.17) is 11.6 Å². The molecule has 1 rings (SSSR count). The smallest absolute Gasteiger partial charge is 0.146 e. The Bertz CT molecular complexity index is 216. The number of aromatic nitrogens is 2. The highest BCUT2D eigenvalue weighted by Gasteiger charge is 2.02. The van der Waals surface area contributed by atoms with E-state index in [1.54, 1.807) is 28.6 Å². The molecular weight excluding hydrogens is 224 g/mol. The fourth-order valence-corrected chi connectivity index (χ4v) is 3.01. The Morgan fingerprint density at radius 2 is 2.46 bits per heavy atom. The monoisotopic (exact) mass is 236 g/mol. The minimum Gasteiger partial charge on any atom is -0.146 e. The van der Waals surface area contributed by atoms with E-state index in [0.717, 1.165) is 28.3 Å². The van der Waals surface area contributed by atoms with Gasteiger partial charge in [0.1, 0.15) is 5.51 Å². The molecule has 0 saturated carbocycles. The lowest BCUT2D eigenvalue weighted by atomic mass is 10.1. The Kier molecular flexibility index (Phi) is 5.75. The maximum absolute atomic E-state index is 5.65. The van der Waals surface area contributed by atoms with Crippen molar-refractivity contribution in [2.45, 2.75) is 24.1 Å². The van der Waals surface area contributed by atoms with Crippen LogP contribution in [0.2, 0.25) is 0 Å². The van der Waals surface area contributed by atoms with E-state index in [1.807, 2.05) is 0 Å². The summed E-state index contributed by atoms with van der Waals surface area (Å²) in [7, 11) is 0. The van der Waals surface area contributed by atoms with Crippen LogP contribution in [0.1, 0.15) is 19.8 Å². The fourth-order valence-electron chi connectivity index (χ4n) is 0.904. The van der Waals surface area contributed by atoms with Crippen molar-refractivity contribution in [3.05, 3.63) is 5.51 Å². The molecule has 1 aromatic rings. The standard InChI is InChI=1S/C8H13ClN2S2/c1-7(2-4-9)3-5-12-8-11-10-6-13-8/h6-7H,2-5H2,1H3. The second-order valence-corrected chi connectivity index (χ2v) is 5.48. The van der Waals surface area contributed by atoms with Crippen LogP contribution in [-0.2, 0) is 0 Å². The van der Waals surface area contributed by atoms with Gasteiger partial charge in [0.25, 0.3) is 0 Å². The molecule has 0 aromatic carbocycles. The van der Waals surface area contributed by atoms with Gasteiger partial charge in [-0.15, -0.1) is 21.8 Å². The lowest BCUT2D eigenvalue weighted by molar-refractivity contribution is 0.552. The predicted octanol–water partition coefficient (Wildman–Crippen LogP) is 3.29. The molecule has 0 spiro atoms. The highest BCUT2D eigenvalue weighted by atomic mass is 35.5. The van der Waals surface area contributed by atoms with Gasteiger partial charge >= 0.3 is 0 Å². The number of rotatable bonds is 6. The molecule has 0 fully saturated rings. The molecule has 74 valence electrons. The number of hydrogen-bond acceptors (Lipinski definition) is 4. The summed E-state index contributed by atoms with van der Waals surface area (Å²) in [5.41, 5.74) is 1.77. The Balaban J connectivity index is 2.07. The van der Waals surface area contributed by atoms with E-state index in [9.17, 15) is 0 Å². The maximum Gasteiger partial charge on any atom is 0.174 e. The topological polar surface area (TPSA) is 25.8 Å². The summed E-state index contributed by atoms with van der Waals surface area (Å²) < 4.78 is 1.07. The molecule has 1 atom stereocenters. The summed E-state index contributed by atoms with van der Waals surface area (Å²) in [6.07, 6.45) is 2.31. The molecule has 0 N–H and O–H groups in total. The van der Waals surface area contributed by atoms with Crippen molar-refractivity contribution in [2.75, 3.05) is 11.6 Å². The molecule has 0 aliphatic rings. The Hall–Kier alpha value is 0.200. The van der Waals surface area contributed by atoms with Gasteiger partial charge in [0.05, 0.1) is 0 Å². The summed E-state index contributed by atoms with van der Waals surface area (Å²) in [6, 6.07) is 0. The first-order valence-corrected chi connectivity index (χ1v) is 6.68. The summed E-state index contributed by atoms with van der Waals surface area (Å²) in [6.45, 7) is 2.24. The van der Waals surface area contributed by atoms with Crippen molar-refractivity contribution in [1.82, 2.24) is 10.2 Å². The Morgan fingerprint density at radius 1 is 1.62 bits per heavy atom. The Morgan fingerprint density at radius 3 is 3.08 bits per heavy atom. The van der Waals surface area contributed by atoms with E-state index in [0.29, 0.717) is 0 Å². The fraction of sp³-hybridized carbons (Fsp3) is 0.750. The van der Waals surface area contributed by atoms with Crippen LogP contribution in [0.15, 0.2) is 9.85 Å². The second kappa shape index (κ2) is 6.62. The van der Waals surface area contributed by atoms with Gasteiger partial charge in [0, 0.05) is 11.6 Å². The summed E-state index contributed by atoms with van der Waals surface area (Å²) in [5, 5.41) is 7.75. The van der Waals surface area contributed by atoms with E-state index in [1.165, 1.54) is 6.42 Å². The molecule has 5 heteroatoms. The second-order valence-electron chi connectivity index (χ2n) is 2.92. The normalized spacial score (nSPS) is 13.1. The van der Waals surface area contributed by atoms with Crippen LogP contribution in [0, 0.1) is 5.92 Å². The molecule has 0 amide bonds. The molecule has 13 heavy (non-hydrogen) atoms. The van der Waals surface area contributed by atoms with E-state index in [2.05, 4.69) is 17.1 Å². The van der Waals surface area contributed by atoms with Crippen molar-refractivity contribution < 1.29 is 0 Å². The number of hydrogen-bond donors (Lipinski definition) is 0. The SMILES string of the molecule is CC(CCCl)CCSc1nncs1. The molecule has 0 radical (unpaired) electrons. The maximum atomic E-state index is 5.65. The van der Waals surface area contributed by atoms with Crippen molar-refractivity contribution in [1.29, 1.82) is 0 Å². The molecule has 2 nitrogen and oxygen atoms in total. The molecule has 0 bridgehead atoms. The van der Waals surface area contributed by atoms with Crippen molar-refractivity contribution in [3.63, 3.8) is 0 Å². The van der Waals surface area contributed by atoms with Gasteiger partial charge < -0.3 is 0 Å². The van der Waals surface area contributed by atoms with Crippen LogP contribution >= 0.6 is 34.7 Å². The third-order valence-electron chi connectivity index (χ3n) is 1.78. The first kappa shape index (κ1) is 11.3. The highest BCUT2D eigenvalue weighted by molar-refractivity contribution is 8.00. The van der Waals surface area contributed by atoms with Crippen LogP contribution in [0.5, 0.6) is 0 Å². The predicted molar refractivity (Wildman–Crippen MR) is 59.8 cm³/mol. The van der Waals surface area contributed by atoms with Crippen LogP contribution < -0.4 is 0 Å². The minimum atomic E-state index is 0.720. The lowest BCUT2D eigenvalue weighted by Gasteiger charge is -2.06.